The standard InChI is InChI=1S/C21H19F6N3O2/c22-20(23,24)17-2-1-11-28-19(17)30-12-9-15(10-13-30)29-18(31)8-5-14-3-6-16(7-4-14)32-21(25,26)27/h1-8,11,15H,9-10,12-13H2,(H,29,31)/b8-5+. The Kier molecular flexibility index (Phi) is 6.95. The Bertz CT molecular complexity index is 949. The summed E-state index contributed by atoms with van der Waals surface area (Å²) in [5.41, 5.74) is -0.295. The largest absolute Gasteiger partial charge is 0.573 e. The molecule has 0 aliphatic carbocycles. The summed E-state index contributed by atoms with van der Waals surface area (Å²) < 4.78 is 79.8. The van der Waals surface area contributed by atoms with Gasteiger partial charge in [-0.1, -0.05) is 12.1 Å². The van der Waals surface area contributed by atoms with Crippen molar-refractivity contribution in [2.24, 2.45) is 0 Å². The van der Waals surface area contributed by atoms with Crippen LogP contribution in [0, 0.1) is 0 Å². The summed E-state index contributed by atoms with van der Waals surface area (Å²) in [6, 6.07) is 7.01. The molecule has 1 fully saturated rings. The number of ether oxygens (including phenoxy) is 1. The monoisotopic (exact) mass is 459 g/mol. The Morgan fingerprint density at radius 3 is 2.31 bits per heavy atom. The van der Waals surface area contributed by atoms with Gasteiger partial charge in [-0.05, 0) is 48.7 Å². The number of halogens is 6. The normalized spacial score (nSPS) is 15.8. The van der Waals surface area contributed by atoms with Crippen LogP contribution >= 0.6 is 0 Å². The zero-order chi connectivity index (χ0) is 23.4. The third-order valence-electron chi connectivity index (χ3n) is 4.77. The number of hydrogen-bond acceptors (Lipinski definition) is 4. The number of benzene rings is 1. The summed E-state index contributed by atoms with van der Waals surface area (Å²) in [4.78, 5) is 17.6. The van der Waals surface area contributed by atoms with E-state index >= 15 is 0 Å². The number of amides is 1. The van der Waals surface area contributed by atoms with Crippen LogP contribution in [0.15, 0.2) is 48.7 Å². The van der Waals surface area contributed by atoms with Gasteiger partial charge in [0.05, 0.1) is 5.56 Å². The second-order valence-corrected chi connectivity index (χ2v) is 7.09. The molecule has 172 valence electrons. The highest BCUT2D eigenvalue weighted by Gasteiger charge is 2.36. The first-order valence-corrected chi connectivity index (χ1v) is 9.63. The average molecular weight is 459 g/mol. The summed E-state index contributed by atoms with van der Waals surface area (Å²) in [6.07, 6.45) is -4.41. The van der Waals surface area contributed by atoms with Crippen molar-refractivity contribution in [3.8, 4) is 5.75 Å². The van der Waals surface area contributed by atoms with Crippen LogP contribution in [0.25, 0.3) is 6.08 Å². The van der Waals surface area contributed by atoms with Crippen molar-refractivity contribution in [3.05, 3.63) is 59.8 Å². The molecule has 1 N–H and O–H groups in total. The molecule has 0 spiro atoms. The van der Waals surface area contributed by atoms with E-state index in [-0.39, 0.29) is 17.6 Å². The quantitative estimate of drug-likeness (QED) is 0.516. The number of rotatable bonds is 5. The molecule has 32 heavy (non-hydrogen) atoms. The molecule has 1 aliphatic rings. The second kappa shape index (κ2) is 9.49. The average Bonchev–Trinajstić information content (AvgIpc) is 2.72. The van der Waals surface area contributed by atoms with Gasteiger partial charge in [0.15, 0.2) is 0 Å². The Hall–Kier alpha value is -3.24. The van der Waals surface area contributed by atoms with Crippen LogP contribution in [0.4, 0.5) is 32.2 Å². The van der Waals surface area contributed by atoms with Gasteiger partial charge in [0.1, 0.15) is 11.6 Å². The maximum absolute atomic E-state index is 13.2. The number of aromatic nitrogens is 1. The first kappa shape index (κ1) is 23.4. The van der Waals surface area contributed by atoms with Crippen LogP contribution in [0.1, 0.15) is 24.0 Å². The summed E-state index contributed by atoms with van der Waals surface area (Å²) in [7, 11) is 0. The van der Waals surface area contributed by atoms with E-state index < -0.39 is 24.0 Å². The Morgan fingerprint density at radius 1 is 1.06 bits per heavy atom. The predicted molar refractivity (Wildman–Crippen MR) is 105 cm³/mol. The number of alkyl halides is 6. The second-order valence-electron chi connectivity index (χ2n) is 7.09. The molecule has 1 aliphatic heterocycles. The van der Waals surface area contributed by atoms with Crippen LogP contribution in [-0.2, 0) is 11.0 Å². The lowest BCUT2D eigenvalue weighted by Crippen LogP contribution is -2.45. The molecule has 0 saturated carbocycles. The Labute approximate surface area is 179 Å². The minimum absolute atomic E-state index is 0.123. The van der Waals surface area contributed by atoms with Gasteiger partial charge >= 0.3 is 12.5 Å². The fourth-order valence-electron chi connectivity index (χ4n) is 3.31. The van der Waals surface area contributed by atoms with E-state index in [1.165, 1.54) is 36.5 Å². The van der Waals surface area contributed by atoms with E-state index in [1.807, 2.05) is 0 Å². The van der Waals surface area contributed by atoms with Crippen LogP contribution < -0.4 is 15.0 Å². The van der Waals surface area contributed by atoms with Crippen LogP contribution in [-0.4, -0.2) is 36.4 Å². The molecule has 0 bridgehead atoms. The lowest BCUT2D eigenvalue weighted by molar-refractivity contribution is -0.274. The number of anilines is 1. The van der Waals surface area contributed by atoms with Gasteiger partial charge in [-0.15, -0.1) is 13.2 Å². The molecule has 2 heterocycles. The molecule has 5 nitrogen and oxygen atoms in total. The van der Waals surface area contributed by atoms with Crippen molar-refractivity contribution in [3.63, 3.8) is 0 Å². The highest BCUT2D eigenvalue weighted by molar-refractivity contribution is 5.91. The van der Waals surface area contributed by atoms with Gasteiger partial charge in [0, 0.05) is 31.4 Å². The first-order chi connectivity index (χ1) is 15.0. The number of hydrogen-bond donors (Lipinski definition) is 1. The predicted octanol–water partition coefficient (Wildman–Crippen LogP) is 4.80. The fraction of sp³-hybridized carbons (Fsp3) is 0.333. The molecule has 0 atom stereocenters. The number of carbonyl (C=O) groups is 1. The summed E-state index contributed by atoms with van der Waals surface area (Å²) >= 11 is 0. The van der Waals surface area contributed by atoms with Gasteiger partial charge in [0.25, 0.3) is 0 Å². The number of carbonyl (C=O) groups excluding carboxylic acids is 1. The van der Waals surface area contributed by atoms with E-state index in [0.717, 1.165) is 18.2 Å². The Morgan fingerprint density at radius 2 is 1.72 bits per heavy atom. The van der Waals surface area contributed by atoms with E-state index in [9.17, 15) is 31.1 Å². The molecule has 3 rings (SSSR count). The minimum atomic E-state index is -4.78. The number of piperidine rings is 1. The zero-order valence-corrected chi connectivity index (χ0v) is 16.6. The van der Waals surface area contributed by atoms with Crippen LogP contribution in [0.5, 0.6) is 5.75 Å². The third-order valence-corrected chi connectivity index (χ3v) is 4.77. The Balaban J connectivity index is 1.51. The molecular formula is C21H19F6N3O2. The maximum atomic E-state index is 13.2. The van der Waals surface area contributed by atoms with Gasteiger partial charge < -0.3 is 15.0 Å². The van der Waals surface area contributed by atoms with E-state index in [2.05, 4.69) is 15.0 Å². The van der Waals surface area contributed by atoms with Crippen molar-refractivity contribution in [1.29, 1.82) is 0 Å². The van der Waals surface area contributed by atoms with Crippen molar-refractivity contribution in [1.82, 2.24) is 10.3 Å². The van der Waals surface area contributed by atoms with Gasteiger partial charge in [-0.3, -0.25) is 4.79 Å². The smallest absolute Gasteiger partial charge is 0.406 e. The molecule has 1 amide bonds. The van der Waals surface area contributed by atoms with E-state index in [4.69, 9.17) is 0 Å². The van der Waals surface area contributed by atoms with Crippen molar-refractivity contribution < 1.29 is 35.9 Å². The van der Waals surface area contributed by atoms with Crippen molar-refractivity contribution in [2.45, 2.75) is 31.4 Å². The van der Waals surface area contributed by atoms with Gasteiger partial charge in [0.2, 0.25) is 5.91 Å². The number of pyridine rings is 1. The maximum Gasteiger partial charge on any atom is 0.573 e. The fourth-order valence-corrected chi connectivity index (χ4v) is 3.31. The van der Waals surface area contributed by atoms with Gasteiger partial charge in [-0.25, -0.2) is 4.98 Å². The van der Waals surface area contributed by atoms with Crippen LogP contribution in [0.2, 0.25) is 0 Å². The summed E-state index contributed by atoms with van der Waals surface area (Å²) in [5, 5.41) is 2.78. The van der Waals surface area contributed by atoms with Crippen molar-refractivity contribution >= 4 is 17.8 Å². The molecule has 1 aromatic heterocycles. The summed E-state index contributed by atoms with van der Waals surface area (Å²) in [5.74, 6) is -0.900. The topological polar surface area (TPSA) is 54.5 Å². The number of nitrogens with zero attached hydrogens (tertiary/aromatic N) is 2. The summed E-state index contributed by atoms with van der Waals surface area (Å²) in [6.45, 7) is 0.602. The third kappa shape index (κ3) is 6.63. The lowest BCUT2D eigenvalue weighted by atomic mass is 10.0. The van der Waals surface area contributed by atoms with Gasteiger partial charge in [-0.2, -0.15) is 13.2 Å². The molecule has 0 unspecified atom stereocenters. The van der Waals surface area contributed by atoms with E-state index in [0.29, 0.717) is 31.5 Å². The van der Waals surface area contributed by atoms with Crippen molar-refractivity contribution in [2.75, 3.05) is 18.0 Å². The molecule has 11 heteroatoms. The molecule has 1 aromatic carbocycles. The van der Waals surface area contributed by atoms with E-state index in [1.54, 1.807) is 4.90 Å². The number of nitrogens with one attached hydrogen (secondary N) is 1. The molecule has 2 aromatic rings. The first-order valence-electron chi connectivity index (χ1n) is 9.63. The molecular weight excluding hydrogens is 440 g/mol. The highest BCUT2D eigenvalue weighted by atomic mass is 19.4. The highest BCUT2D eigenvalue weighted by Crippen LogP contribution is 2.35. The molecule has 1 saturated heterocycles. The zero-order valence-electron chi connectivity index (χ0n) is 16.6. The SMILES string of the molecule is O=C(/C=C/c1ccc(OC(F)(F)F)cc1)NC1CCN(c2ncccc2C(F)(F)F)CC1. The minimum Gasteiger partial charge on any atom is -0.406 e. The lowest BCUT2D eigenvalue weighted by Gasteiger charge is -2.34. The molecule has 0 radical (unpaired) electrons. The van der Waals surface area contributed by atoms with Crippen LogP contribution in [0.3, 0.4) is 0 Å².